The van der Waals surface area contributed by atoms with Crippen molar-refractivity contribution in [2.24, 2.45) is 23.3 Å². The molecule has 0 fully saturated rings. The molecule has 0 heterocycles. The van der Waals surface area contributed by atoms with Gasteiger partial charge in [0.15, 0.2) is 0 Å². The highest BCUT2D eigenvalue weighted by Crippen LogP contribution is 2.22. The molecular weight excluding hydrogens is 124 g/mol. The lowest BCUT2D eigenvalue weighted by Crippen LogP contribution is -2.39. The smallest absolute Gasteiger partial charge is 0.0585 e. The van der Waals surface area contributed by atoms with Gasteiger partial charge in [0.05, 0.1) is 6.17 Å². The maximum atomic E-state index is 5.56. The molecular formula is C8H16N2. The van der Waals surface area contributed by atoms with Gasteiger partial charge in [0.1, 0.15) is 0 Å². The van der Waals surface area contributed by atoms with E-state index in [1.165, 1.54) is 6.42 Å². The summed E-state index contributed by atoms with van der Waals surface area (Å²) in [6, 6.07) is 0. The third-order valence-electron chi connectivity index (χ3n) is 2.09. The second-order valence-electron chi connectivity index (χ2n) is 3.25. The third kappa shape index (κ3) is 1.82. The molecule has 4 N–H and O–H groups in total. The normalized spacial score (nSPS) is 33.2. The van der Waals surface area contributed by atoms with Gasteiger partial charge in [-0.1, -0.05) is 19.1 Å². The van der Waals surface area contributed by atoms with Crippen LogP contribution >= 0.6 is 0 Å². The van der Waals surface area contributed by atoms with Crippen LogP contribution < -0.4 is 11.5 Å². The molecule has 0 bridgehead atoms. The largest absolute Gasteiger partial charge is 0.316 e. The number of hydrogen-bond donors (Lipinski definition) is 2. The molecule has 2 atom stereocenters. The van der Waals surface area contributed by atoms with Crippen molar-refractivity contribution in [3.8, 4) is 0 Å². The van der Waals surface area contributed by atoms with E-state index in [1.807, 2.05) is 0 Å². The van der Waals surface area contributed by atoms with Crippen LogP contribution in [0.2, 0.25) is 0 Å². The number of rotatable bonds is 1. The van der Waals surface area contributed by atoms with Gasteiger partial charge in [-0.05, 0) is 18.8 Å². The number of nitrogens with two attached hydrogens (primary N) is 2. The van der Waals surface area contributed by atoms with Gasteiger partial charge in [0.2, 0.25) is 0 Å². The van der Waals surface area contributed by atoms with Crippen molar-refractivity contribution in [3.05, 3.63) is 12.2 Å². The topological polar surface area (TPSA) is 52.0 Å². The molecule has 2 heteroatoms. The molecule has 0 radical (unpaired) electrons. The highest BCUT2D eigenvalue weighted by molar-refractivity contribution is 4.97. The van der Waals surface area contributed by atoms with E-state index < -0.39 is 0 Å². The van der Waals surface area contributed by atoms with Crippen molar-refractivity contribution in [2.75, 3.05) is 0 Å². The van der Waals surface area contributed by atoms with Gasteiger partial charge in [-0.3, -0.25) is 0 Å². The molecule has 0 amide bonds. The average Bonchev–Trinajstić information content (AvgIpc) is 1.88. The zero-order valence-electron chi connectivity index (χ0n) is 6.46. The van der Waals surface area contributed by atoms with Gasteiger partial charge in [-0.2, -0.15) is 0 Å². The van der Waals surface area contributed by atoms with Crippen molar-refractivity contribution in [1.29, 1.82) is 0 Å². The first-order chi connectivity index (χ1) is 4.70. The zero-order chi connectivity index (χ0) is 7.56. The summed E-state index contributed by atoms with van der Waals surface area (Å²) in [5.41, 5.74) is 11.1. The van der Waals surface area contributed by atoms with Gasteiger partial charge < -0.3 is 11.5 Å². The van der Waals surface area contributed by atoms with E-state index >= 15 is 0 Å². The quantitative estimate of drug-likeness (QED) is 0.419. The second-order valence-corrected chi connectivity index (χ2v) is 3.25. The molecule has 2 nitrogen and oxygen atoms in total. The lowest BCUT2D eigenvalue weighted by molar-refractivity contribution is 0.378. The Bertz CT molecular complexity index is 129. The SMILES string of the molecule is CC1CC=CC(C(N)N)C1. The molecule has 2 unspecified atom stereocenters. The van der Waals surface area contributed by atoms with Gasteiger partial charge in [0.25, 0.3) is 0 Å². The third-order valence-corrected chi connectivity index (χ3v) is 2.09. The fourth-order valence-electron chi connectivity index (χ4n) is 1.41. The van der Waals surface area contributed by atoms with Crippen LogP contribution in [0.25, 0.3) is 0 Å². The molecule has 10 heavy (non-hydrogen) atoms. The summed E-state index contributed by atoms with van der Waals surface area (Å²) >= 11 is 0. The average molecular weight is 140 g/mol. The van der Waals surface area contributed by atoms with Gasteiger partial charge in [-0.25, -0.2) is 0 Å². The van der Waals surface area contributed by atoms with Gasteiger partial charge in [-0.15, -0.1) is 0 Å². The summed E-state index contributed by atoms with van der Waals surface area (Å²) in [6.45, 7) is 2.24. The van der Waals surface area contributed by atoms with Crippen molar-refractivity contribution in [2.45, 2.75) is 25.9 Å². The zero-order valence-corrected chi connectivity index (χ0v) is 6.46. The first kappa shape index (κ1) is 7.76. The Morgan fingerprint density at radius 2 is 2.20 bits per heavy atom. The van der Waals surface area contributed by atoms with Crippen LogP contribution in [0, 0.1) is 11.8 Å². The monoisotopic (exact) mass is 140 g/mol. The minimum absolute atomic E-state index is 0.168. The molecule has 1 aliphatic rings. The number of allylic oxidation sites excluding steroid dienone is 1. The molecule has 0 aromatic rings. The minimum atomic E-state index is -0.168. The Balaban J connectivity index is 2.47. The van der Waals surface area contributed by atoms with Gasteiger partial charge >= 0.3 is 0 Å². The van der Waals surface area contributed by atoms with Crippen LogP contribution in [0.4, 0.5) is 0 Å². The fraction of sp³-hybridized carbons (Fsp3) is 0.750. The number of hydrogen-bond acceptors (Lipinski definition) is 2. The minimum Gasteiger partial charge on any atom is -0.316 e. The van der Waals surface area contributed by atoms with Crippen molar-refractivity contribution in [3.63, 3.8) is 0 Å². The first-order valence-electron chi connectivity index (χ1n) is 3.88. The predicted octanol–water partition coefficient (Wildman–Crippen LogP) is 0.832. The predicted molar refractivity (Wildman–Crippen MR) is 43.2 cm³/mol. The second kappa shape index (κ2) is 3.17. The Hall–Kier alpha value is -0.340. The summed E-state index contributed by atoms with van der Waals surface area (Å²) in [5.74, 6) is 1.16. The Labute approximate surface area is 62.3 Å². The van der Waals surface area contributed by atoms with Crippen LogP contribution in [0.5, 0.6) is 0 Å². The molecule has 0 aliphatic heterocycles. The summed E-state index contributed by atoms with van der Waals surface area (Å²) in [7, 11) is 0. The lowest BCUT2D eigenvalue weighted by atomic mass is 9.86. The Kier molecular flexibility index (Phi) is 2.46. The van der Waals surface area contributed by atoms with Gasteiger partial charge in [0, 0.05) is 5.92 Å². The van der Waals surface area contributed by atoms with Crippen molar-refractivity contribution >= 4 is 0 Å². The molecule has 1 aliphatic carbocycles. The van der Waals surface area contributed by atoms with E-state index in [2.05, 4.69) is 19.1 Å². The molecule has 0 saturated heterocycles. The maximum Gasteiger partial charge on any atom is 0.0585 e. The van der Waals surface area contributed by atoms with Crippen LogP contribution in [-0.4, -0.2) is 6.17 Å². The summed E-state index contributed by atoms with van der Waals surface area (Å²) in [6.07, 6.45) is 6.49. The van der Waals surface area contributed by atoms with E-state index in [0.717, 1.165) is 12.3 Å². The van der Waals surface area contributed by atoms with Crippen LogP contribution in [-0.2, 0) is 0 Å². The summed E-state index contributed by atoms with van der Waals surface area (Å²) in [5, 5.41) is 0. The van der Waals surface area contributed by atoms with E-state index in [4.69, 9.17) is 11.5 Å². The Morgan fingerprint density at radius 1 is 1.50 bits per heavy atom. The lowest BCUT2D eigenvalue weighted by Gasteiger charge is -2.24. The molecule has 0 aromatic heterocycles. The molecule has 0 spiro atoms. The van der Waals surface area contributed by atoms with E-state index in [9.17, 15) is 0 Å². The standard InChI is InChI=1S/C8H16N2/c1-6-3-2-4-7(5-6)8(9)10/h2,4,6-8H,3,5,9-10H2,1H3. The summed E-state index contributed by atoms with van der Waals surface area (Å²) in [4.78, 5) is 0. The first-order valence-corrected chi connectivity index (χ1v) is 3.88. The van der Waals surface area contributed by atoms with Crippen molar-refractivity contribution < 1.29 is 0 Å². The fourth-order valence-corrected chi connectivity index (χ4v) is 1.41. The van der Waals surface area contributed by atoms with E-state index in [1.54, 1.807) is 0 Å². The summed E-state index contributed by atoms with van der Waals surface area (Å²) < 4.78 is 0. The molecule has 1 rings (SSSR count). The molecule has 0 aromatic carbocycles. The van der Waals surface area contributed by atoms with Crippen LogP contribution in [0.3, 0.4) is 0 Å². The van der Waals surface area contributed by atoms with Crippen LogP contribution in [0.15, 0.2) is 12.2 Å². The van der Waals surface area contributed by atoms with Crippen molar-refractivity contribution in [1.82, 2.24) is 0 Å². The van der Waals surface area contributed by atoms with Crippen LogP contribution in [0.1, 0.15) is 19.8 Å². The molecule has 58 valence electrons. The maximum absolute atomic E-state index is 5.56. The van der Waals surface area contributed by atoms with E-state index in [-0.39, 0.29) is 6.17 Å². The Morgan fingerprint density at radius 3 is 2.60 bits per heavy atom. The highest BCUT2D eigenvalue weighted by atomic mass is 14.9. The highest BCUT2D eigenvalue weighted by Gasteiger charge is 2.17. The van der Waals surface area contributed by atoms with E-state index in [0.29, 0.717) is 5.92 Å². The molecule has 0 saturated carbocycles.